The van der Waals surface area contributed by atoms with Crippen LogP contribution in [0.2, 0.25) is 0 Å². The van der Waals surface area contributed by atoms with Crippen LogP contribution in [-0.2, 0) is 4.18 Å². The van der Waals surface area contributed by atoms with Gasteiger partial charge in [0.15, 0.2) is 0 Å². The molecule has 1 fully saturated rings. The summed E-state index contributed by atoms with van der Waals surface area (Å²) < 4.78 is 5.72. The SMILES string of the molecule is C1CCNC1.ISOC(c1ccccc1)c1ccccc1. The molecule has 0 amide bonds. The summed E-state index contributed by atoms with van der Waals surface area (Å²) in [7, 11) is 1.37. The maximum Gasteiger partial charge on any atom is 0.123 e. The highest BCUT2D eigenvalue weighted by atomic mass is 127. The minimum atomic E-state index is 0.00398. The minimum Gasteiger partial charge on any atom is -0.317 e. The lowest BCUT2D eigenvalue weighted by molar-refractivity contribution is 0.301. The van der Waals surface area contributed by atoms with Gasteiger partial charge in [-0.05, 0) is 37.1 Å². The molecule has 0 unspecified atom stereocenters. The van der Waals surface area contributed by atoms with E-state index in [1.807, 2.05) is 36.4 Å². The highest BCUT2D eigenvalue weighted by molar-refractivity contribution is 14.2. The van der Waals surface area contributed by atoms with Crippen molar-refractivity contribution in [3.05, 3.63) is 71.8 Å². The molecule has 112 valence electrons. The Balaban J connectivity index is 0.000000272. The Morgan fingerprint density at radius 1 is 0.857 bits per heavy atom. The number of hydrogen-bond donors (Lipinski definition) is 1. The average Bonchev–Trinajstić information content (AvgIpc) is 3.14. The van der Waals surface area contributed by atoms with Crippen molar-refractivity contribution in [2.75, 3.05) is 13.1 Å². The fraction of sp³-hybridized carbons (Fsp3) is 0.294. The molecule has 1 aliphatic rings. The Kier molecular flexibility index (Phi) is 8.17. The highest BCUT2D eigenvalue weighted by Crippen LogP contribution is 2.32. The molecule has 1 saturated heterocycles. The second-order valence-electron chi connectivity index (χ2n) is 4.82. The molecule has 21 heavy (non-hydrogen) atoms. The molecule has 1 N–H and O–H groups in total. The topological polar surface area (TPSA) is 21.3 Å². The average molecular weight is 413 g/mol. The maximum absolute atomic E-state index is 5.72. The number of nitrogens with one attached hydrogen (secondary N) is 1. The van der Waals surface area contributed by atoms with Crippen molar-refractivity contribution in [3.8, 4) is 0 Å². The quantitative estimate of drug-likeness (QED) is 0.553. The molecule has 2 aromatic rings. The lowest BCUT2D eigenvalue weighted by atomic mass is 10.0. The smallest absolute Gasteiger partial charge is 0.123 e. The van der Waals surface area contributed by atoms with Crippen LogP contribution in [0.15, 0.2) is 60.7 Å². The Bertz CT molecular complexity index is 444. The van der Waals surface area contributed by atoms with Crippen LogP contribution in [0, 0.1) is 0 Å². The maximum atomic E-state index is 5.72. The van der Waals surface area contributed by atoms with Gasteiger partial charge in [-0.25, -0.2) is 0 Å². The van der Waals surface area contributed by atoms with Gasteiger partial charge < -0.3 is 5.32 Å². The first kappa shape index (κ1) is 16.8. The van der Waals surface area contributed by atoms with Crippen LogP contribution >= 0.6 is 30.4 Å². The van der Waals surface area contributed by atoms with Crippen LogP contribution in [0.1, 0.15) is 30.1 Å². The van der Waals surface area contributed by atoms with Gasteiger partial charge in [0, 0.05) is 21.2 Å². The first-order valence-electron chi connectivity index (χ1n) is 7.16. The normalized spacial score (nSPS) is 13.8. The van der Waals surface area contributed by atoms with Crippen molar-refractivity contribution in [3.63, 3.8) is 0 Å². The van der Waals surface area contributed by atoms with Gasteiger partial charge in [-0.1, -0.05) is 60.7 Å². The van der Waals surface area contributed by atoms with Crippen molar-refractivity contribution in [2.45, 2.75) is 18.9 Å². The van der Waals surface area contributed by atoms with E-state index in [2.05, 4.69) is 50.8 Å². The molecule has 0 bridgehead atoms. The molecular weight excluding hydrogens is 393 g/mol. The van der Waals surface area contributed by atoms with Gasteiger partial charge in [0.1, 0.15) is 6.10 Å². The van der Waals surface area contributed by atoms with Crippen molar-refractivity contribution in [1.82, 2.24) is 5.32 Å². The molecule has 0 aromatic heterocycles. The molecule has 0 radical (unpaired) electrons. The van der Waals surface area contributed by atoms with E-state index in [-0.39, 0.29) is 6.10 Å². The van der Waals surface area contributed by atoms with Gasteiger partial charge in [-0.15, -0.1) is 0 Å². The molecule has 0 atom stereocenters. The summed E-state index contributed by atoms with van der Waals surface area (Å²) in [5.41, 5.74) is 2.36. The lowest BCUT2D eigenvalue weighted by Crippen LogP contribution is -2.03. The van der Waals surface area contributed by atoms with E-state index in [0.717, 1.165) is 0 Å². The fourth-order valence-corrected chi connectivity index (χ4v) is 3.14. The fourth-order valence-electron chi connectivity index (χ4n) is 2.22. The first-order valence-corrected chi connectivity index (χ1v) is 10.4. The molecule has 3 rings (SSSR count). The Morgan fingerprint density at radius 3 is 1.67 bits per heavy atom. The molecule has 1 heterocycles. The zero-order valence-corrected chi connectivity index (χ0v) is 14.8. The molecule has 0 saturated carbocycles. The summed E-state index contributed by atoms with van der Waals surface area (Å²) >= 11 is 2.15. The predicted octanol–water partition coefficient (Wildman–Crippen LogP) is 5.16. The van der Waals surface area contributed by atoms with Gasteiger partial charge in [-0.2, -0.15) is 0 Å². The van der Waals surface area contributed by atoms with E-state index in [0.29, 0.717) is 0 Å². The van der Waals surface area contributed by atoms with Crippen LogP contribution < -0.4 is 5.32 Å². The van der Waals surface area contributed by atoms with E-state index < -0.39 is 0 Å². The Hall–Kier alpha value is -0.560. The van der Waals surface area contributed by atoms with Gasteiger partial charge in [0.2, 0.25) is 0 Å². The van der Waals surface area contributed by atoms with Crippen LogP contribution in [0.25, 0.3) is 0 Å². The van der Waals surface area contributed by atoms with Crippen LogP contribution in [0.3, 0.4) is 0 Å². The van der Waals surface area contributed by atoms with Crippen molar-refractivity contribution >= 4 is 30.4 Å². The van der Waals surface area contributed by atoms with E-state index in [4.69, 9.17) is 4.18 Å². The van der Waals surface area contributed by atoms with Crippen molar-refractivity contribution in [2.24, 2.45) is 0 Å². The summed E-state index contributed by atoms with van der Waals surface area (Å²) in [5.74, 6) is 0. The second kappa shape index (κ2) is 10.2. The molecular formula is C17H20INOS. The molecule has 2 nitrogen and oxygen atoms in total. The molecule has 0 aliphatic carbocycles. The van der Waals surface area contributed by atoms with Gasteiger partial charge >= 0.3 is 0 Å². The standard InChI is InChI=1S/C13H11IOS.C4H9N/c14-16-15-13(11-7-3-1-4-8-11)12-9-5-2-6-10-12;1-2-4-5-3-1/h1-10,13H;5H,1-4H2. The number of rotatable bonds is 4. The Morgan fingerprint density at radius 2 is 1.33 bits per heavy atom. The van der Waals surface area contributed by atoms with Gasteiger partial charge in [-0.3, -0.25) is 4.18 Å². The third kappa shape index (κ3) is 5.98. The van der Waals surface area contributed by atoms with E-state index in [9.17, 15) is 0 Å². The van der Waals surface area contributed by atoms with E-state index in [1.165, 1.54) is 46.3 Å². The summed E-state index contributed by atoms with van der Waals surface area (Å²) in [6.45, 7) is 2.50. The minimum absolute atomic E-state index is 0.00398. The van der Waals surface area contributed by atoms with E-state index in [1.54, 1.807) is 0 Å². The van der Waals surface area contributed by atoms with Gasteiger partial charge in [0.25, 0.3) is 0 Å². The highest BCUT2D eigenvalue weighted by Gasteiger charge is 2.14. The first-order chi connectivity index (χ1) is 10.4. The molecule has 4 heteroatoms. The summed E-state index contributed by atoms with van der Waals surface area (Å²) in [6.07, 6.45) is 2.78. The van der Waals surface area contributed by atoms with Crippen LogP contribution in [-0.4, -0.2) is 13.1 Å². The monoisotopic (exact) mass is 413 g/mol. The van der Waals surface area contributed by atoms with Crippen molar-refractivity contribution in [1.29, 1.82) is 0 Å². The van der Waals surface area contributed by atoms with Crippen molar-refractivity contribution < 1.29 is 4.18 Å². The second-order valence-corrected chi connectivity index (χ2v) is 6.21. The lowest BCUT2D eigenvalue weighted by Gasteiger charge is -2.15. The number of benzene rings is 2. The summed E-state index contributed by atoms with van der Waals surface area (Å²) in [4.78, 5) is 0. The molecule has 2 aromatic carbocycles. The zero-order valence-electron chi connectivity index (χ0n) is 11.9. The number of hydrogen-bond acceptors (Lipinski definition) is 3. The molecule has 0 spiro atoms. The summed E-state index contributed by atoms with van der Waals surface area (Å²) in [6, 6.07) is 20.5. The largest absolute Gasteiger partial charge is 0.317 e. The van der Waals surface area contributed by atoms with E-state index >= 15 is 0 Å². The predicted molar refractivity (Wildman–Crippen MR) is 99.5 cm³/mol. The molecule has 1 aliphatic heterocycles. The third-order valence-corrected chi connectivity index (χ3v) is 4.18. The third-order valence-electron chi connectivity index (χ3n) is 3.29. The zero-order chi connectivity index (χ0) is 14.8. The summed E-state index contributed by atoms with van der Waals surface area (Å²) in [5, 5.41) is 3.22. The van der Waals surface area contributed by atoms with Gasteiger partial charge in [0.05, 0.1) is 9.21 Å². The van der Waals surface area contributed by atoms with Crippen LogP contribution in [0.5, 0.6) is 0 Å². The number of halogens is 1. The Labute approximate surface area is 143 Å². The van der Waals surface area contributed by atoms with Crippen LogP contribution in [0.4, 0.5) is 0 Å².